The lowest BCUT2D eigenvalue weighted by Gasteiger charge is -2.11. The summed E-state index contributed by atoms with van der Waals surface area (Å²) in [5, 5.41) is 12.7. The molecule has 1 aliphatic rings. The Hall–Kier alpha value is -0.830. The fraction of sp³-hybridized carbons (Fsp3) is 0.588. The zero-order valence-corrected chi connectivity index (χ0v) is 17.2. The molecule has 0 amide bonds. The summed E-state index contributed by atoms with van der Waals surface area (Å²) in [6.07, 6.45) is 4.87. The third-order valence-electron chi connectivity index (χ3n) is 4.26. The first-order valence-corrected chi connectivity index (χ1v) is 11.3. The molecule has 3 heterocycles. The van der Waals surface area contributed by atoms with Crippen LogP contribution >= 0.6 is 34.9 Å². The van der Waals surface area contributed by atoms with Crippen LogP contribution in [0.3, 0.4) is 0 Å². The van der Waals surface area contributed by atoms with E-state index in [9.17, 15) is 0 Å². The van der Waals surface area contributed by atoms with Crippen molar-refractivity contribution >= 4 is 50.7 Å². The molecule has 4 rings (SSSR count). The second-order valence-corrected chi connectivity index (χ2v) is 10.1. The number of ether oxygens (including phenoxy) is 1. The minimum absolute atomic E-state index is 0.460. The van der Waals surface area contributed by atoms with E-state index in [1.54, 1.807) is 30.6 Å². The molecule has 0 radical (unpaired) electrons. The number of thioether (sulfide) groups is 2. The van der Waals surface area contributed by atoms with Gasteiger partial charge in [0, 0.05) is 23.0 Å². The van der Waals surface area contributed by atoms with E-state index in [2.05, 4.69) is 28.4 Å². The molecule has 25 heavy (non-hydrogen) atoms. The van der Waals surface area contributed by atoms with E-state index in [1.165, 1.54) is 35.1 Å². The monoisotopic (exact) mass is 394 g/mol. The molecule has 3 aromatic heterocycles. The molecule has 0 unspecified atom stereocenters. The number of thiophene rings is 1. The van der Waals surface area contributed by atoms with Crippen LogP contribution in [-0.4, -0.2) is 44.3 Å². The van der Waals surface area contributed by atoms with E-state index >= 15 is 0 Å². The van der Waals surface area contributed by atoms with Crippen LogP contribution in [0.25, 0.3) is 15.9 Å². The topological polar surface area (TPSA) is 52.3 Å². The molecule has 0 fully saturated rings. The molecule has 5 nitrogen and oxygen atoms in total. The number of aryl methyl sites for hydroxylation is 2. The molecule has 0 N–H and O–H groups in total. The van der Waals surface area contributed by atoms with Crippen molar-refractivity contribution in [2.45, 2.75) is 55.1 Å². The molecule has 0 saturated heterocycles. The van der Waals surface area contributed by atoms with Gasteiger partial charge in [0.25, 0.3) is 0 Å². The predicted molar refractivity (Wildman–Crippen MR) is 106 cm³/mol. The summed E-state index contributed by atoms with van der Waals surface area (Å²) < 4.78 is 7.34. The molecule has 134 valence electrons. The molecule has 8 heteroatoms. The van der Waals surface area contributed by atoms with Crippen LogP contribution in [0.4, 0.5) is 0 Å². The molecule has 0 aliphatic heterocycles. The fourth-order valence-corrected chi connectivity index (χ4v) is 6.25. The highest BCUT2D eigenvalue weighted by molar-refractivity contribution is 8.00. The molecule has 0 atom stereocenters. The summed E-state index contributed by atoms with van der Waals surface area (Å²) in [7, 11) is 1.73. The Labute approximate surface area is 160 Å². The number of rotatable bonds is 6. The van der Waals surface area contributed by atoms with Crippen molar-refractivity contribution in [2.24, 2.45) is 0 Å². The van der Waals surface area contributed by atoms with Crippen molar-refractivity contribution in [1.29, 1.82) is 0 Å². The van der Waals surface area contributed by atoms with Gasteiger partial charge in [0.2, 0.25) is 0 Å². The zero-order chi connectivity index (χ0) is 17.4. The van der Waals surface area contributed by atoms with Crippen molar-refractivity contribution in [2.75, 3.05) is 19.5 Å². The molecule has 1 aliphatic carbocycles. The number of methoxy groups -OCH3 is 1. The van der Waals surface area contributed by atoms with Gasteiger partial charge in [-0.25, -0.2) is 9.38 Å². The Morgan fingerprint density at radius 2 is 2.04 bits per heavy atom. The van der Waals surface area contributed by atoms with Gasteiger partial charge in [-0.1, -0.05) is 37.4 Å². The van der Waals surface area contributed by atoms with Crippen molar-refractivity contribution < 1.29 is 4.74 Å². The van der Waals surface area contributed by atoms with E-state index in [0.717, 1.165) is 33.0 Å². The number of aromatic nitrogens is 4. The van der Waals surface area contributed by atoms with Gasteiger partial charge in [0.15, 0.2) is 16.0 Å². The Morgan fingerprint density at radius 1 is 1.20 bits per heavy atom. The van der Waals surface area contributed by atoms with Crippen LogP contribution in [0.15, 0.2) is 10.3 Å². The molecular weight excluding hydrogens is 372 g/mol. The van der Waals surface area contributed by atoms with Crippen LogP contribution in [0, 0.1) is 0 Å². The van der Waals surface area contributed by atoms with Crippen molar-refractivity contribution in [3.8, 4) is 0 Å². The van der Waals surface area contributed by atoms with Gasteiger partial charge in [-0.05, 0) is 31.2 Å². The maximum Gasteiger partial charge on any atom is 0.197 e. The number of hydrogen-bond acceptors (Lipinski definition) is 7. The minimum Gasteiger partial charge on any atom is -0.384 e. The number of fused-ring (bicyclic) bond motifs is 5. The number of hydrogen-bond donors (Lipinski definition) is 0. The zero-order valence-electron chi connectivity index (χ0n) is 14.7. The molecule has 0 aromatic carbocycles. The molecule has 3 aromatic rings. The van der Waals surface area contributed by atoms with E-state index in [0.29, 0.717) is 11.9 Å². The van der Waals surface area contributed by atoms with Crippen molar-refractivity contribution in [3.05, 3.63) is 10.4 Å². The average molecular weight is 395 g/mol. The SMILES string of the molecule is COCCSc1nnc2c3c4c(sc3nc(SC(C)C)n12)CCCC4. The highest BCUT2D eigenvalue weighted by atomic mass is 32.2. The quantitative estimate of drug-likeness (QED) is 0.350. The van der Waals surface area contributed by atoms with Crippen LogP contribution in [-0.2, 0) is 17.6 Å². The lowest BCUT2D eigenvalue weighted by Crippen LogP contribution is -2.02. The maximum absolute atomic E-state index is 5.18. The van der Waals surface area contributed by atoms with Crippen LogP contribution in [0.5, 0.6) is 0 Å². The largest absolute Gasteiger partial charge is 0.384 e. The van der Waals surface area contributed by atoms with E-state index in [-0.39, 0.29) is 0 Å². The molecule has 0 saturated carbocycles. The van der Waals surface area contributed by atoms with Crippen LogP contribution in [0.1, 0.15) is 37.1 Å². The third kappa shape index (κ3) is 3.29. The fourth-order valence-electron chi connectivity index (χ4n) is 3.20. The first kappa shape index (κ1) is 17.6. The van der Waals surface area contributed by atoms with Crippen LogP contribution < -0.4 is 0 Å². The number of nitrogens with zero attached hydrogens (tertiary/aromatic N) is 4. The van der Waals surface area contributed by atoms with Crippen LogP contribution in [0.2, 0.25) is 0 Å². The summed E-state index contributed by atoms with van der Waals surface area (Å²) in [5.41, 5.74) is 2.44. The Bertz CT molecular complexity index is 902. The second kappa shape index (κ2) is 7.42. The average Bonchev–Trinajstić information content (AvgIpc) is 3.15. The maximum atomic E-state index is 5.18. The molecule has 0 spiro atoms. The molecule has 0 bridgehead atoms. The smallest absolute Gasteiger partial charge is 0.197 e. The third-order valence-corrected chi connectivity index (χ3v) is 7.29. The van der Waals surface area contributed by atoms with Gasteiger partial charge >= 0.3 is 0 Å². The van der Waals surface area contributed by atoms with E-state index in [4.69, 9.17) is 9.72 Å². The van der Waals surface area contributed by atoms with Gasteiger partial charge in [0.05, 0.1) is 12.0 Å². The second-order valence-electron chi connectivity index (χ2n) is 6.43. The summed E-state index contributed by atoms with van der Waals surface area (Å²) >= 11 is 5.32. The minimum atomic E-state index is 0.460. The van der Waals surface area contributed by atoms with Gasteiger partial charge in [-0.15, -0.1) is 21.5 Å². The highest BCUT2D eigenvalue weighted by Crippen LogP contribution is 2.40. The summed E-state index contributed by atoms with van der Waals surface area (Å²) in [6, 6.07) is 0. The van der Waals surface area contributed by atoms with Crippen molar-refractivity contribution in [3.63, 3.8) is 0 Å². The van der Waals surface area contributed by atoms with E-state index < -0.39 is 0 Å². The molecular formula is C17H22N4OS3. The Kier molecular flexibility index (Phi) is 5.22. The van der Waals surface area contributed by atoms with E-state index in [1.807, 2.05) is 11.3 Å². The lowest BCUT2D eigenvalue weighted by atomic mass is 9.97. The Morgan fingerprint density at radius 3 is 2.84 bits per heavy atom. The summed E-state index contributed by atoms with van der Waals surface area (Å²) in [4.78, 5) is 7.66. The first-order valence-electron chi connectivity index (χ1n) is 8.66. The first-order chi connectivity index (χ1) is 12.2. The van der Waals surface area contributed by atoms with Gasteiger partial charge in [-0.2, -0.15) is 0 Å². The Balaban J connectivity index is 1.91. The highest BCUT2D eigenvalue weighted by Gasteiger charge is 2.24. The lowest BCUT2D eigenvalue weighted by molar-refractivity contribution is 0.218. The van der Waals surface area contributed by atoms with Gasteiger partial charge in [-0.3, -0.25) is 0 Å². The summed E-state index contributed by atoms with van der Waals surface area (Å²) in [5.74, 6) is 0.864. The van der Waals surface area contributed by atoms with Gasteiger partial charge < -0.3 is 4.74 Å². The predicted octanol–water partition coefficient (Wildman–Crippen LogP) is 4.46. The summed E-state index contributed by atoms with van der Waals surface area (Å²) in [6.45, 7) is 5.10. The normalized spacial score (nSPS) is 14.7. The van der Waals surface area contributed by atoms with Crippen molar-refractivity contribution in [1.82, 2.24) is 19.6 Å². The standard InChI is InChI=1S/C17H22N4OS3/c1-10(2)24-16-18-15-13(11-6-4-5-7-12(11)25-15)14-19-20-17(21(14)16)23-9-8-22-3/h10H,4-9H2,1-3H3. The van der Waals surface area contributed by atoms with Gasteiger partial charge in [0.1, 0.15) is 4.83 Å².